The number of amides is 1. The first kappa shape index (κ1) is 13.9. The zero-order chi connectivity index (χ0) is 14.0. The minimum atomic E-state index is -0.551. The summed E-state index contributed by atoms with van der Waals surface area (Å²) in [4.78, 5) is 25.4. The predicted octanol–water partition coefficient (Wildman–Crippen LogP) is 2.71. The Morgan fingerprint density at radius 1 is 1.47 bits per heavy atom. The fourth-order valence-corrected chi connectivity index (χ4v) is 2.46. The summed E-state index contributed by atoms with van der Waals surface area (Å²) in [6, 6.07) is 4.81. The Kier molecular flexibility index (Phi) is 4.10. The number of carbonyl (C=O) groups excluding carboxylic acids is 2. The third kappa shape index (κ3) is 2.73. The molecular weight excluding hydrogens is 266 g/mol. The van der Waals surface area contributed by atoms with Crippen molar-refractivity contribution >= 4 is 29.2 Å². The normalized spacial score (nSPS) is 19.4. The Morgan fingerprint density at radius 3 is 2.84 bits per heavy atom. The number of hydrogen-bond donors (Lipinski definition) is 0. The largest absolute Gasteiger partial charge is 0.467 e. The van der Waals surface area contributed by atoms with Crippen molar-refractivity contribution in [1.29, 1.82) is 0 Å². The van der Waals surface area contributed by atoms with Gasteiger partial charge in [-0.25, -0.2) is 4.79 Å². The topological polar surface area (TPSA) is 46.6 Å². The summed E-state index contributed by atoms with van der Waals surface area (Å²) in [6.07, 6.45) is 1.76. The van der Waals surface area contributed by atoms with Crippen LogP contribution in [0.15, 0.2) is 18.2 Å². The van der Waals surface area contributed by atoms with Crippen LogP contribution < -0.4 is 4.90 Å². The number of ether oxygens (including phenoxy) is 1. The smallest absolute Gasteiger partial charge is 0.328 e. The lowest BCUT2D eigenvalue weighted by Gasteiger charge is -2.33. The van der Waals surface area contributed by atoms with Gasteiger partial charge in [0.25, 0.3) is 0 Å². The highest BCUT2D eigenvalue weighted by Crippen LogP contribution is 2.29. The van der Waals surface area contributed by atoms with Gasteiger partial charge in [0.05, 0.1) is 7.11 Å². The highest BCUT2D eigenvalue weighted by molar-refractivity contribution is 6.31. The number of rotatable bonds is 2. The van der Waals surface area contributed by atoms with Crippen molar-refractivity contribution in [2.45, 2.75) is 32.2 Å². The summed E-state index contributed by atoms with van der Waals surface area (Å²) < 4.78 is 4.78. The van der Waals surface area contributed by atoms with Crippen LogP contribution >= 0.6 is 11.6 Å². The van der Waals surface area contributed by atoms with Gasteiger partial charge in [-0.05, 0) is 37.5 Å². The predicted molar refractivity (Wildman–Crippen MR) is 73.3 cm³/mol. The number of methoxy groups -OCH3 is 1. The van der Waals surface area contributed by atoms with Gasteiger partial charge in [-0.2, -0.15) is 0 Å². The van der Waals surface area contributed by atoms with E-state index in [0.29, 0.717) is 30.0 Å². The summed E-state index contributed by atoms with van der Waals surface area (Å²) >= 11 is 6.09. The Bertz CT molecular complexity index is 515. The maximum atomic E-state index is 12.1. The van der Waals surface area contributed by atoms with Gasteiger partial charge in [0, 0.05) is 17.1 Å². The first-order valence-corrected chi connectivity index (χ1v) is 6.58. The lowest BCUT2D eigenvalue weighted by molar-refractivity contribution is -0.144. The third-order valence-corrected chi connectivity index (χ3v) is 3.76. The van der Waals surface area contributed by atoms with Crippen LogP contribution in [-0.4, -0.2) is 25.0 Å². The number of halogens is 1. The van der Waals surface area contributed by atoms with Crippen LogP contribution in [0.2, 0.25) is 5.02 Å². The summed E-state index contributed by atoms with van der Waals surface area (Å²) in [5.74, 6) is -0.452. The number of hydrogen-bond acceptors (Lipinski definition) is 3. The summed E-state index contributed by atoms with van der Waals surface area (Å²) in [5.41, 5.74) is 1.58. The first-order valence-electron chi connectivity index (χ1n) is 6.20. The quantitative estimate of drug-likeness (QED) is 0.783. The summed E-state index contributed by atoms with van der Waals surface area (Å²) in [7, 11) is 1.34. The van der Waals surface area contributed by atoms with Gasteiger partial charge in [0.2, 0.25) is 5.91 Å². The van der Waals surface area contributed by atoms with Crippen LogP contribution in [0.25, 0.3) is 0 Å². The molecular formula is C14H16ClNO3. The SMILES string of the molecule is COC(=O)C1CCCC(=O)N1c1ccc(C)c(Cl)c1. The number of carbonyl (C=O) groups is 2. The van der Waals surface area contributed by atoms with E-state index >= 15 is 0 Å². The molecule has 1 amide bonds. The van der Waals surface area contributed by atoms with E-state index in [4.69, 9.17) is 16.3 Å². The molecule has 2 rings (SSSR count). The maximum absolute atomic E-state index is 12.1. The van der Waals surface area contributed by atoms with Gasteiger partial charge in [-0.15, -0.1) is 0 Å². The first-order chi connectivity index (χ1) is 9.04. The minimum Gasteiger partial charge on any atom is -0.467 e. The molecule has 0 spiro atoms. The second-order valence-corrected chi connectivity index (χ2v) is 5.04. The Morgan fingerprint density at radius 2 is 2.21 bits per heavy atom. The second-order valence-electron chi connectivity index (χ2n) is 4.63. The molecule has 1 aromatic carbocycles. The van der Waals surface area contributed by atoms with Crippen LogP contribution in [0, 0.1) is 6.92 Å². The van der Waals surface area contributed by atoms with Crippen LogP contribution in [0.5, 0.6) is 0 Å². The monoisotopic (exact) mass is 281 g/mol. The lowest BCUT2D eigenvalue weighted by atomic mass is 10.0. The average molecular weight is 282 g/mol. The molecule has 1 aromatic rings. The van der Waals surface area contributed by atoms with Crippen LogP contribution in [0.3, 0.4) is 0 Å². The molecule has 0 saturated carbocycles. The molecule has 0 aliphatic carbocycles. The van der Waals surface area contributed by atoms with E-state index < -0.39 is 6.04 Å². The molecule has 19 heavy (non-hydrogen) atoms. The number of esters is 1. The van der Waals surface area contributed by atoms with Crippen molar-refractivity contribution in [2.24, 2.45) is 0 Å². The van der Waals surface area contributed by atoms with Crippen molar-refractivity contribution in [1.82, 2.24) is 0 Å². The molecule has 1 fully saturated rings. The molecule has 1 heterocycles. The molecule has 0 N–H and O–H groups in total. The van der Waals surface area contributed by atoms with Crippen molar-refractivity contribution in [3.63, 3.8) is 0 Å². The minimum absolute atomic E-state index is 0.0680. The maximum Gasteiger partial charge on any atom is 0.328 e. The summed E-state index contributed by atoms with van der Waals surface area (Å²) in [6.45, 7) is 1.89. The fourth-order valence-electron chi connectivity index (χ4n) is 2.28. The zero-order valence-electron chi connectivity index (χ0n) is 11.0. The second kappa shape index (κ2) is 5.61. The van der Waals surface area contributed by atoms with Crippen molar-refractivity contribution in [3.8, 4) is 0 Å². The Balaban J connectivity index is 2.38. The van der Waals surface area contributed by atoms with Crippen LogP contribution in [0.1, 0.15) is 24.8 Å². The van der Waals surface area contributed by atoms with E-state index in [1.54, 1.807) is 12.1 Å². The number of piperidine rings is 1. The Hall–Kier alpha value is -1.55. The van der Waals surface area contributed by atoms with E-state index in [2.05, 4.69) is 0 Å². The highest BCUT2D eigenvalue weighted by Gasteiger charge is 2.35. The number of nitrogens with zero attached hydrogens (tertiary/aromatic N) is 1. The van der Waals surface area contributed by atoms with Gasteiger partial charge < -0.3 is 4.74 Å². The molecule has 1 aliphatic heterocycles. The molecule has 1 saturated heterocycles. The van der Waals surface area contributed by atoms with Crippen molar-refractivity contribution in [2.75, 3.05) is 12.0 Å². The van der Waals surface area contributed by atoms with E-state index in [0.717, 1.165) is 5.56 Å². The molecule has 0 aromatic heterocycles. The van der Waals surface area contributed by atoms with Crippen LogP contribution in [-0.2, 0) is 14.3 Å². The standard InChI is InChI=1S/C14H16ClNO3/c1-9-6-7-10(8-11(9)15)16-12(14(18)19-2)4-3-5-13(16)17/h6-8,12H,3-5H2,1-2H3. The van der Waals surface area contributed by atoms with Crippen molar-refractivity contribution in [3.05, 3.63) is 28.8 Å². The number of aryl methyl sites for hydroxylation is 1. The Labute approximate surface area is 117 Å². The summed E-state index contributed by atoms with van der Waals surface area (Å²) in [5, 5.41) is 0.583. The van der Waals surface area contributed by atoms with Gasteiger partial charge in [0.15, 0.2) is 0 Å². The average Bonchev–Trinajstić information content (AvgIpc) is 2.41. The van der Waals surface area contributed by atoms with E-state index in [-0.39, 0.29) is 11.9 Å². The molecule has 4 nitrogen and oxygen atoms in total. The number of benzene rings is 1. The van der Waals surface area contributed by atoms with Gasteiger partial charge in [0.1, 0.15) is 6.04 Å². The fraction of sp³-hybridized carbons (Fsp3) is 0.429. The van der Waals surface area contributed by atoms with Crippen LogP contribution in [0.4, 0.5) is 5.69 Å². The third-order valence-electron chi connectivity index (χ3n) is 3.36. The van der Waals surface area contributed by atoms with E-state index in [9.17, 15) is 9.59 Å². The van der Waals surface area contributed by atoms with Crippen molar-refractivity contribution < 1.29 is 14.3 Å². The molecule has 1 unspecified atom stereocenters. The molecule has 5 heteroatoms. The molecule has 102 valence electrons. The molecule has 0 bridgehead atoms. The molecule has 0 radical (unpaired) electrons. The zero-order valence-corrected chi connectivity index (χ0v) is 11.7. The van der Waals surface area contributed by atoms with Gasteiger partial charge in [-0.1, -0.05) is 17.7 Å². The van der Waals surface area contributed by atoms with E-state index in [1.807, 2.05) is 13.0 Å². The molecule has 1 atom stereocenters. The lowest BCUT2D eigenvalue weighted by Crippen LogP contribution is -2.48. The number of anilines is 1. The highest BCUT2D eigenvalue weighted by atomic mass is 35.5. The van der Waals surface area contributed by atoms with Gasteiger partial charge in [-0.3, -0.25) is 9.69 Å². The molecule has 1 aliphatic rings. The van der Waals surface area contributed by atoms with E-state index in [1.165, 1.54) is 12.0 Å². The van der Waals surface area contributed by atoms with Gasteiger partial charge >= 0.3 is 5.97 Å².